The van der Waals surface area contributed by atoms with Crippen LogP contribution < -0.4 is 10.6 Å². The molecule has 0 spiro atoms. The van der Waals surface area contributed by atoms with Crippen molar-refractivity contribution in [3.05, 3.63) is 72.4 Å². The van der Waals surface area contributed by atoms with Gasteiger partial charge >= 0.3 is 0 Å². The summed E-state index contributed by atoms with van der Waals surface area (Å²) in [5.74, 6) is 2.39. The molecule has 7 rings (SSSR count). The Labute approximate surface area is 268 Å². The Morgan fingerprint density at radius 1 is 1.02 bits per heavy atom. The van der Waals surface area contributed by atoms with E-state index >= 15 is 0 Å². The van der Waals surface area contributed by atoms with Gasteiger partial charge in [-0.1, -0.05) is 19.4 Å². The van der Waals surface area contributed by atoms with Crippen molar-refractivity contribution in [3.8, 4) is 22.8 Å². The van der Waals surface area contributed by atoms with E-state index in [2.05, 4.69) is 43.4 Å². The van der Waals surface area contributed by atoms with Crippen molar-refractivity contribution >= 4 is 28.3 Å². The van der Waals surface area contributed by atoms with E-state index in [9.17, 15) is 9.90 Å². The fourth-order valence-electron chi connectivity index (χ4n) is 6.35. The molecule has 0 aliphatic heterocycles. The first-order valence-corrected chi connectivity index (χ1v) is 16.4. The molecule has 2 fully saturated rings. The highest BCUT2D eigenvalue weighted by Crippen LogP contribution is 2.36. The molecular weight excluding hydrogens is 578 g/mol. The molecule has 1 aromatic carbocycles. The number of fused-ring (bicyclic) bond motifs is 1. The lowest BCUT2D eigenvalue weighted by Gasteiger charge is -2.27. The molecule has 0 saturated heterocycles. The molecule has 2 saturated carbocycles. The number of pyridine rings is 2. The van der Waals surface area contributed by atoms with Crippen LogP contribution in [0.2, 0.25) is 0 Å². The molecule has 2 aliphatic carbocycles. The largest absolute Gasteiger partial charge is 0.444 e. The highest BCUT2D eigenvalue weighted by molar-refractivity contribution is 6.04. The molecule has 4 heterocycles. The topological polar surface area (TPSA) is 131 Å². The molecule has 2 aliphatic rings. The molecule has 10 nitrogen and oxygen atoms in total. The van der Waals surface area contributed by atoms with Crippen LogP contribution in [-0.4, -0.2) is 42.3 Å². The number of benzene rings is 1. The van der Waals surface area contributed by atoms with Crippen molar-refractivity contribution in [2.75, 3.05) is 17.2 Å². The van der Waals surface area contributed by atoms with Crippen molar-refractivity contribution in [1.29, 1.82) is 0 Å². The van der Waals surface area contributed by atoms with Crippen molar-refractivity contribution in [2.24, 2.45) is 11.8 Å². The maximum absolute atomic E-state index is 13.6. The lowest BCUT2D eigenvalue weighted by atomic mass is 9.85. The molecule has 4 aromatic heterocycles. The highest BCUT2D eigenvalue weighted by Gasteiger charge is 2.26. The molecule has 5 aromatic rings. The first-order valence-electron chi connectivity index (χ1n) is 16.4. The second-order valence-corrected chi connectivity index (χ2v) is 13.4. The molecule has 0 unspecified atom stereocenters. The number of nitrogens with one attached hydrogen (secondary N) is 2. The van der Waals surface area contributed by atoms with Gasteiger partial charge in [-0.2, -0.15) is 5.10 Å². The number of amides is 1. The Morgan fingerprint density at radius 2 is 1.83 bits per heavy atom. The van der Waals surface area contributed by atoms with Crippen molar-refractivity contribution < 1.29 is 14.3 Å². The van der Waals surface area contributed by atoms with Crippen LogP contribution in [0.1, 0.15) is 87.8 Å². The van der Waals surface area contributed by atoms with E-state index in [-0.39, 0.29) is 11.6 Å². The SMILES string of the molecule is CC[C@H]1CC[C@H](n2cc3cc(NC(=O)c4cccc(-c5coc(-c6ccnc(NCC7CC7)c6)n5)n4)c(C(C)(C)O)cc3n2)CC1. The van der Waals surface area contributed by atoms with Gasteiger partial charge in [-0.3, -0.25) is 9.48 Å². The Balaban J connectivity index is 1.10. The first-order chi connectivity index (χ1) is 22.2. The zero-order valence-corrected chi connectivity index (χ0v) is 26.7. The normalized spacial score (nSPS) is 18.5. The molecule has 0 atom stereocenters. The Hall–Kier alpha value is -4.57. The van der Waals surface area contributed by atoms with Gasteiger partial charge in [0.15, 0.2) is 0 Å². The lowest BCUT2D eigenvalue weighted by Crippen LogP contribution is -2.21. The number of aliphatic hydroxyl groups is 1. The number of hydrogen-bond donors (Lipinski definition) is 3. The van der Waals surface area contributed by atoms with Gasteiger partial charge in [0.05, 0.1) is 22.9 Å². The standard InChI is InChI=1S/C36H41N7O3/c1-4-22-10-12-26(13-11-22)43-20-25-16-31(27(36(2,3)45)18-30(25)42-43)40-34(44)29-7-5-6-28(39-29)32-21-46-35(41-32)24-14-15-37-33(17-24)38-19-23-8-9-23/h5-7,14-18,20-23,26,45H,4,8-13,19H2,1-3H3,(H,37,38)(H,40,44)/t22-,26-. The number of aromatic nitrogens is 5. The minimum Gasteiger partial charge on any atom is -0.444 e. The van der Waals surface area contributed by atoms with E-state index < -0.39 is 5.60 Å². The summed E-state index contributed by atoms with van der Waals surface area (Å²) in [5.41, 5.74) is 2.78. The van der Waals surface area contributed by atoms with Crippen LogP contribution >= 0.6 is 0 Å². The third-order valence-electron chi connectivity index (χ3n) is 9.36. The molecule has 3 N–H and O–H groups in total. The maximum Gasteiger partial charge on any atom is 0.274 e. The first kappa shape index (κ1) is 30.1. The van der Waals surface area contributed by atoms with Crippen molar-refractivity contribution in [1.82, 2.24) is 24.7 Å². The smallest absolute Gasteiger partial charge is 0.274 e. The monoisotopic (exact) mass is 619 g/mol. The zero-order valence-electron chi connectivity index (χ0n) is 26.7. The van der Waals surface area contributed by atoms with Gasteiger partial charge in [0.25, 0.3) is 5.91 Å². The third kappa shape index (κ3) is 6.53. The summed E-state index contributed by atoms with van der Waals surface area (Å²) in [6.07, 6.45) is 13.8. The van der Waals surface area contributed by atoms with E-state index in [1.54, 1.807) is 44.5 Å². The Morgan fingerprint density at radius 3 is 2.59 bits per heavy atom. The molecule has 10 heteroatoms. The molecule has 46 heavy (non-hydrogen) atoms. The van der Waals surface area contributed by atoms with Gasteiger partial charge in [0.2, 0.25) is 5.89 Å². The number of rotatable bonds is 10. The molecule has 238 valence electrons. The number of nitrogens with zero attached hydrogens (tertiary/aromatic N) is 5. The summed E-state index contributed by atoms with van der Waals surface area (Å²) < 4.78 is 7.88. The predicted octanol–water partition coefficient (Wildman–Crippen LogP) is 7.59. The van der Waals surface area contributed by atoms with Crippen LogP contribution in [0.4, 0.5) is 11.5 Å². The number of carbonyl (C=O) groups excluding carboxylic acids is 1. The predicted molar refractivity (Wildman–Crippen MR) is 178 cm³/mol. The average molecular weight is 620 g/mol. The van der Waals surface area contributed by atoms with E-state index in [1.807, 2.05) is 24.3 Å². The highest BCUT2D eigenvalue weighted by atomic mass is 16.3. The van der Waals surface area contributed by atoms with Gasteiger partial charge < -0.3 is 20.2 Å². The average Bonchev–Trinajstić information content (AvgIpc) is 3.59. The number of anilines is 2. The zero-order chi connectivity index (χ0) is 31.8. The van der Waals surface area contributed by atoms with Crippen molar-refractivity contribution in [3.63, 3.8) is 0 Å². The number of oxazole rings is 1. The third-order valence-corrected chi connectivity index (χ3v) is 9.36. The summed E-state index contributed by atoms with van der Waals surface area (Å²) in [7, 11) is 0. The van der Waals surface area contributed by atoms with Crippen LogP contribution in [0.3, 0.4) is 0 Å². The minimum atomic E-state index is -1.20. The molecule has 1 amide bonds. The molecular formula is C36H41N7O3. The van der Waals surface area contributed by atoms with Crippen LogP contribution in [0, 0.1) is 11.8 Å². The summed E-state index contributed by atoms with van der Waals surface area (Å²) in [4.78, 5) is 27.2. The number of hydrogen-bond acceptors (Lipinski definition) is 8. The fraction of sp³-hybridized carbons (Fsp3) is 0.417. The quantitative estimate of drug-likeness (QED) is 0.146. The molecule has 0 bridgehead atoms. The lowest BCUT2D eigenvalue weighted by molar-refractivity contribution is 0.0793. The van der Waals surface area contributed by atoms with Crippen LogP contribution in [0.15, 0.2) is 65.5 Å². The second-order valence-electron chi connectivity index (χ2n) is 13.4. The van der Waals surface area contributed by atoms with E-state index in [4.69, 9.17) is 9.52 Å². The van der Waals surface area contributed by atoms with Gasteiger partial charge in [0.1, 0.15) is 23.5 Å². The summed E-state index contributed by atoms with van der Waals surface area (Å²) in [6.45, 7) is 6.61. The van der Waals surface area contributed by atoms with Gasteiger partial charge in [0, 0.05) is 41.1 Å². The van der Waals surface area contributed by atoms with Crippen LogP contribution in [0.25, 0.3) is 33.7 Å². The fourth-order valence-corrected chi connectivity index (χ4v) is 6.35. The Kier molecular flexibility index (Phi) is 8.06. The second kappa shape index (κ2) is 12.3. The van der Waals surface area contributed by atoms with E-state index in [0.29, 0.717) is 34.6 Å². The van der Waals surface area contributed by atoms with Gasteiger partial charge in [-0.15, -0.1) is 0 Å². The van der Waals surface area contributed by atoms with Gasteiger partial charge in [-0.05, 0) is 101 Å². The van der Waals surface area contributed by atoms with E-state index in [0.717, 1.165) is 53.5 Å². The minimum absolute atomic E-state index is 0.225. The van der Waals surface area contributed by atoms with Crippen LogP contribution in [-0.2, 0) is 5.60 Å². The summed E-state index contributed by atoms with van der Waals surface area (Å²) in [5, 5.41) is 23.3. The molecule has 0 radical (unpaired) electrons. The van der Waals surface area contributed by atoms with Gasteiger partial charge in [-0.25, -0.2) is 15.0 Å². The summed E-state index contributed by atoms with van der Waals surface area (Å²) >= 11 is 0. The van der Waals surface area contributed by atoms with E-state index in [1.165, 1.54) is 32.1 Å². The Bertz CT molecular complexity index is 1860. The van der Waals surface area contributed by atoms with Crippen LogP contribution in [0.5, 0.6) is 0 Å². The maximum atomic E-state index is 13.6. The van der Waals surface area contributed by atoms with Crippen molar-refractivity contribution in [2.45, 2.75) is 77.4 Å². The summed E-state index contributed by atoms with van der Waals surface area (Å²) in [6, 6.07) is 13.2. The number of carbonyl (C=O) groups is 1.